The molecule has 2 aromatic rings. The second-order valence-corrected chi connectivity index (χ2v) is 7.72. The van der Waals surface area contributed by atoms with Crippen LogP contribution in [0.4, 0.5) is 17.6 Å². The summed E-state index contributed by atoms with van der Waals surface area (Å²) < 4.78 is 57.2. The maximum atomic E-state index is 13.9. The molecule has 0 amide bonds. The third-order valence-electron chi connectivity index (χ3n) is 5.60. The summed E-state index contributed by atoms with van der Waals surface area (Å²) in [6.45, 7) is 0.583. The van der Waals surface area contributed by atoms with Crippen LogP contribution in [-0.2, 0) is 15.7 Å². The monoisotopic (exact) mass is 444 g/mol. The van der Waals surface area contributed by atoms with Gasteiger partial charge in [0.2, 0.25) is 0 Å². The summed E-state index contributed by atoms with van der Waals surface area (Å²) in [6.07, 6.45) is -0.903. The maximum Gasteiger partial charge on any atom is 0.416 e. The number of nitrogens with zero attached hydrogens (tertiary/aromatic N) is 1. The minimum atomic E-state index is -4.56. The van der Waals surface area contributed by atoms with Crippen LogP contribution in [0.25, 0.3) is 5.70 Å². The van der Waals surface area contributed by atoms with E-state index in [4.69, 9.17) is 4.74 Å². The van der Waals surface area contributed by atoms with Crippen molar-refractivity contribution in [2.24, 2.45) is 5.92 Å². The van der Waals surface area contributed by atoms with E-state index in [0.29, 0.717) is 24.2 Å². The van der Waals surface area contributed by atoms with Crippen molar-refractivity contribution in [1.82, 2.24) is 10.2 Å². The molecule has 0 aromatic heterocycles. The van der Waals surface area contributed by atoms with E-state index in [1.54, 1.807) is 12.1 Å². The average Bonchev–Trinajstić information content (AvgIpc) is 3.21. The summed E-state index contributed by atoms with van der Waals surface area (Å²) in [4.78, 5) is 13.9. The van der Waals surface area contributed by atoms with Crippen molar-refractivity contribution >= 4 is 11.7 Å². The number of hydrogen-bond acceptors (Lipinski definition) is 4. The Bertz CT molecular complexity index is 1110. The number of fused-ring (bicyclic) bond motifs is 1. The molecule has 4 rings (SSSR count). The highest BCUT2D eigenvalue weighted by Crippen LogP contribution is 2.31. The van der Waals surface area contributed by atoms with Crippen molar-refractivity contribution in [2.45, 2.75) is 25.2 Å². The smallest absolute Gasteiger partial charge is 0.416 e. The van der Waals surface area contributed by atoms with E-state index in [-0.39, 0.29) is 23.6 Å². The largest absolute Gasteiger partial charge is 0.469 e. The predicted molar refractivity (Wildman–Crippen MR) is 110 cm³/mol. The molecule has 166 valence electrons. The Morgan fingerprint density at radius 2 is 1.88 bits per heavy atom. The minimum Gasteiger partial charge on any atom is -0.469 e. The first-order valence-electron chi connectivity index (χ1n) is 10.1. The molecule has 8 heteroatoms. The molecule has 1 N–H and O–H groups in total. The third-order valence-corrected chi connectivity index (χ3v) is 5.60. The highest BCUT2D eigenvalue weighted by molar-refractivity contribution is 5.73. The molecule has 2 aliphatic rings. The molecule has 32 heavy (non-hydrogen) atoms. The van der Waals surface area contributed by atoms with Gasteiger partial charge in [-0.1, -0.05) is 24.0 Å². The number of hydrogen-bond donors (Lipinski definition) is 1. The first kappa shape index (κ1) is 21.8. The van der Waals surface area contributed by atoms with Crippen LogP contribution in [-0.4, -0.2) is 30.7 Å². The van der Waals surface area contributed by atoms with Gasteiger partial charge in [-0.05, 0) is 48.7 Å². The van der Waals surface area contributed by atoms with E-state index in [0.717, 1.165) is 30.2 Å². The lowest BCUT2D eigenvalue weighted by Gasteiger charge is -2.34. The van der Waals surface area contributed by atoms with Crippen LogP contribution in [0, 0.1) is 23.6 Å². The molecule has 1 fully saturated rings. The van der Waals surface area contributed by atoms with E-state index in [2.05, 4.69) is 22.1 Å². The van der Waals surface area contributed by atoms with Crippen LogP contribution < -0.4 is 5.32 Å². The van der Waals surface area contributed by atoms with Gasteiger partial charge in [-0.3, -0.25) is 4.79 Å². The molecular formula is C24H20F4N2O2. The molecular weight excluding hydrogens is 424 g/mol. The Hall–Kier alpha value is -3.47. The van der Waals surface area contributed by atoms with E-state index in [1.807, 2.05) is 18.3 Å². The van der Waals surface area contributed by atoms with Crippen molar-refractivity contribution in [3.63, 3.8) is 0 Å². The Labute approximate surface area is 182 Å². The number of carbonyl (C=O) groups excluding carboxylic acids is 1. The number of benzene rings is 2. The fourth-order valence-electron chi connectivity index (χ4n) is 3.87. The summed E-state index contributed by atoms with van der Waals surface area (Å²) >= 11 is 0. The van der Waals surface area contributed by atoms with Gasteiger partial charge in [0.15, 0.2) is 0 Å². The van der Waals surface area contributed by atoms with Gasteiger partial charge in [-0.25, -0.2) is 4.39 Å². The molecule has 4 nitrogen and oxygen atoms in total. The number of halogens is 4. The normalized spacial score (nSPS) is 19.9. The van der Waals surface area contributed by atoms with E-state index in [9.17, 15) is 22.4 Å². The first-order chi connectivity index (χ1) is 15.2. The first-order valence-corrected chi connectivity index (χ1v) is 10.1. The molecule has 2 unspecified atom stereocenters. The second kappa shape index (κ2) is 8.58. The fourth-order valence-corrected chi connectivity index (χ4v) is 3.87. The van der Waals surface area contributed by atoms with Gasteiger partial charge in [-0.15, -0.1) is 0 Å². The third kappa shape index (κ3) is 4.57. The molecule has 0 radical (unpaired) electrons. The summed E-state index contributed by atoms with van der Waals surface area (Å²) in [6, 6.07) is 9.30. The number of piperidine rings is 1. The van der Waals surface area contributed by atoms with Crippen LogP contribution in [0.5, 0.6) is 0 Å². The number of nitrogens with one attached hydrogen (secondary N) is 1. The lowest BCUT2D eigenvalue weighted by Crippen LogP contribution is -2.45. The van der Waals surface area contributed by atoms with Crippen molar-refractivity contribution in [3.8, 4) is 11.8 Å². The van der Waals surface area contributed by atoms with E-state index < -0.39 is 17.6 Å². The van der Waals surface area contributed by atoms with Gasteiger partial charge >= 0.3 is 12.1 Å². The fraction of sp³-hybridized carbons (Fsp3) is 0.292. The Morgan fingerprint density at radius 3 is 2.56 bits per heavy atom. The lowest BCUT2D eigenvalue weighted by molar-refractivity contribution is -0.147. The molecule has 2 atom stereocenters. The number of rotatable bonds is 2. The van der Waals surface area contributed by atoms with Crippen molar-refractivity contribution < 1.29 is 27.1 Å². The Morgan fingerprint density at radius 1 is 1.12 bits per heavy atom. The zero-order chi connectivity index (χ0) is 22.9. The van der Waals surface area contributed by atoms with Gasteiger partial charge in [0, 0.05) is 18.3 Å². The van der Waals surface area contributed by atoms with E-state index in [1.165, 1.54) is 7.11 Å². The molecule has 2 aliphatic heterocycles. The molecule has 0 saturated carbocycles. The Balaban J connectivity index is 1.48. The summed E-state index contributed by atoms with van der Waals surface area (Å²) in [5.41, 5.74) is 1.12. The number of ether oxygens (including phenoxy) is 1. The second-order valence-electron chi connectivity index (χ2n) is 7.72. The highest BCUT2D eigenvalue weighted by Gasteiger charge is 2.34. The summed E-state index contributed by atoms with van der Waals surface area (Å²) in [7, 11) is 1.39. The molecule has 0 spiro atoms. The lowest BCUT2D eigenvalue weighted by atomic mass is 9.97. The van der Waals surface area contributed by atoms with Crippen LogP contribution in [0.15, 0.2) is 48.7 Å². The van der Waals surface area contributed by atoms with Gasteiger partial charge in [0.25, 0.3) is 0 Å². The van der Waals surface area contributed by atoms with Crippen LogP contribution in [0.1, 0.15) is 35.1 Å². The van der Waals surface area contributed by atoms with Crippen molar-refractivity contribution in [3.05, 3.63) is 76.7 Å². The van der Waals surface area contributed by atoms with Crippen molar-refractivity contribution in [1.29, 1.82) is 0 Å². The molecule has 2 aromatic carbocycles. The SMILES string of the molecule is COC(=O)C1CCC2NC(c3ccc(C#Cc4cc(C(F)(F)F)ccc4F)cc3)=CN2C1. The van der Waals surface area contributed by atoms with Crippen molar-refractivity contribution in [2.75, 3.05) is 13.7 Å². The number of methoxy groups -OCH3 is 1. The molecule has 1 saturated heterocycles. The van der Waals surface area contributed by atoms with Crippen LogP contribution in [0.2, 0.25) is 0 Å². The summed E-state index contributed by atoms with van der Waals surface area (Å²) in [5.74, 6) is 4.04. The number of alkyl halides is 3. The van der Waals surface area contributed by atoms with Crippen LogP contribution >= 0.6 is 0 Å². The highest BCUT2D eigenvalue weighted by atomic mass is 19.4. The molecule has 0 bridgehead atoms. The van der Waals surface area contributed by atoms with Crippen LogP contribution in [0.3, 0.4) is 0 Å². The summed E-state index contributed by atoms with van der Waals surface area (Å²) in [5, 5.41) is 3.43. The Kier molecular flexibility index (Phi) is 5.83. The predicted octanol–water partition coefficient (Wildman–Crippen LogP) is 4.36. The van der Waals surface area contributed by atoms with Gasteiger partial charge < -0.3 is 15.0 Å². The van der Waals surface area contributed by atoms with E-state index >= 15 is 0 Å². The molecule has 2 heterocycles. The zero-order valence-corrected chi connectivity index (χ0v) is 17.2. The quantitative estimate of drug-likeness (QED) is 0.425. The van der Waals surface area contributed by atoms with Gasteiger partial charge in [0.05, 0.1) is 36.0 Å². The molecule has 0 aliphatic carbocycles. The average molecular weight is 444 g/mol. The minimum absolute atomic E-state index is 0.120. The number of carbonyl (C=O) groups is 1. The maximum absolute atomic E-state index is 13.9. The van der Waals surface area contributed by atoms with Gasteiger partial charge in [-0.2, -0.15) is 13.2 Å². The topological polar surface area (TPSA) is 41.6 Å². The number of esters is 1. The standard InChI is InChI=1S/C24H20F4N2O2/c1-32-23(31)18-8-11-22-29-21(14-30(22)13-18)16-5-2-15(3-6-16)4-7-17-12-19(24(26,27)28)9-10-20(17)25/h2-3,5-6,9-10,12,14,18,22,29H,8,11,13H2,1H3. The van der Waals surface area contributed by atoms with Gasteiger partial charge in [0.1, 0.15) is 5.82 Å². The zero-order valence-electron chi connectivity index (χ0n) is 17.2.